The Balaban J connectivity index is 1.64. The minimum atomic E-state index is -0.847. The van der Waals surface area contributed by atoms with E-state index in [1.807, 2.05) is 20.9 Å². The molecule has 27 heavy (non-hydrogen) atoms. The Kier molecular flexibility index (Phi) is 5.93. The molecule has 0 bridgehead atoms. The molecule has 0 aliphatic carbocycles. The molecule has 0 saturated carbocycles. The zero-order valence-electron chi connectivity index (χ0n) is 16.0. The number of rotatable bonds is 5. The highest BCUT2D eigenvalue weighted by Gasteiger charge is 2.33. The fourth-order valence-electron chi connectivity index (χ4n) is 3.60. The third-order valence-corrected chi connectivity index (χ3v) is 6.62. The first-order chi connectivity index (χ1) is 12.8. The summed E-state index contributed by atoms with van der Waals surface area (Å²) in [5.74, 6) is -1.79. The number of nitrogens with one attached hydrogen (secondary N) is 2. The van der Waals surface area contributed by atoms with Crippen LogP contribution in [0.3, 0.4) is 0 Å². The van der Waals surface area contributed by atoms with Gasteiger partial charge in [0.05, 0.1) is 11.5 Å². The van der Waals surface area contributed by atoms with Gasteiger partial charge in [-0.05, 0) is 63.1 Å². The molecule has 1 amide bonds. The van der Waals surface area contributed by atoms with Crippen molar-refractivity contribution in [2.75, 3.05) is 25.5 Å². The maximum absolute atomic E-state index is 13.6. The summed E-state index contributed by atoms with van der Waals surface area (Å²) in [5.41, 5.74) is 3.03. The molecule has 2 aromatic rings. The van der Waals surface area contributed by atoms with Crippen molar-refractivity contribution < 1.29 is 13.6 Å². The lowest BCUT2D eigenvalue weighted by Gasteiger charge is -2.26. The van der Waals surface area contributed by atoms with Crippen LogP contribution < -0.4 is 10.6 Å². The average Bonchev–Trinajstić information content (AvgIpc) is 3.11. The van der Waals surface area contributed by atoms with Gasteiger partial charge < -0.3 is 10.6 Å². The molecule has 1 aliphatic heterocycles. The largest absolute Gasteiger partial charge is 0.316 e. The molecule has 7 heteroatoms. The van der Waals surface area contributed by atoms with Gasteiger partial charge in [0.2, 0.25) is 5.91 Å². The van der Waals surface area contributed by atoms with Gasteiger partial charge in [-0.2, -0.15) is 0 Å². The van der Waals surface area contributed by atoms with Gasteiger partial charge in [0.25, 0.3) is 0 Å². The van der Waals surface area contributed by atoms with Gasteiger partial charge in [0.1, 0.15) is 0 Å². The van der Waals surface area contributed by atoms with Crippen molar-refractivity contribution in [1.82, 2.24) is 10.2 Å². The van der Waals surface area contributed by atoms with Gasteiger partial charge in [-0.15, -0.1) is 11.3 Å². The van der Waals surface area contributed by atoms with Crippen molar-refractivity contribution in [1.29, 1.82) is 0 Å². The van der Waals surface area contributed by atoms with E-state index in [-0.39, 0.29) is 24.5 Å². The zero-order valence-corrected chi connectivity index (χ0v) is 16.8. The number of anilines is 1. The lowest BCUT2D eigenvalue weighted by atomic mass is 10.00. The second kappa shape index (κ2) is 8.04. The number of nitrogens with zero attached hydrogens (tertiary/aromatic N) is 1. The van der Waals surface area contributed by atoms with E-state index in [9.17, 15) is 13.6 Å². The Morgan fingerprint density at radius 2 is 1.96 bits per heavy atom. The van der Waals surface area contributed by atoms with Crippen LogP contribution in [0.4, 0.5) is 13.8 Å². The van der Waals surface area contributed by atoms with E-state index >= 15 is 0 Å². The Labute approximate surface area is 162 Å². The molecule has 2 heterocycles. The van der Waals surface area contributed by atoms with Crippen molar-refractivity contribution in [2.24, 2.45) is 0 Å². The monoisotopic (exact) mass is 393 g/mol. The van der Waals surface area contributed by atoms with Gasteiger partial charge in [-0.1, -0.05) is 6.07 Å². The van der Waals surface area contributed by atoms with E-state index in [0.717, 1.165) is 29.6 Å². The molecular weight excluding hydrogens is 368 g/mol. The van der Waals surface area contributed by atoms with Crippen LogP contribution >= 0.6 is 11.3 Å². The van der Waals surface area contributed by atoms with Crippen LogP contribution in [-0.4, -0.2) is 37.0 Å². The molecule has 146 valence electrons. The Morgan fingerprint density at radius 1 is 1.22 bits per heavy atom. The summed E-state index contributed by atoms with van der Waals surface area (Å²) >= 11 is 1.58. The molecule has 1 saturated heterocycles. The molecule has 1 aromatic heterocycles. The predicted octanol–water partition coefficient (Wildman–Crippen LogP) is 3.93. The number of carbonyl (C=O) groups excluding carboxylic acids is 1. The first-order valence-corrected chi connectivity index (χ1v) is 9.84. The van der Waals surface area contributed by atoms with Crippen LogP contribution in [0.15, 0.2) is 18.2 Å². The van der Waals surface area contributed by atoms with Gasteiger partial charge in [-0.3, -0.25) is 9.69 Å². The molecule has 0 spiro atoms. The van der Waals surface area contributed by atoms with E-state index < -0.39 is 11.6 Å². The molecule has 0 unspecified atom stereocenters. The number of thiophene rings is 1. The van der Waals surface area contributed by atoms with Gasteiger partial charge in [0, 0.05) is 23.5 Å². The lowest BCUT2D eigenvalue weighted by molar-refractivity contribution is -0.115. The van der Waals surface area contributed by atoms with Crippen LogP contribution in [0.5, 0.6) is 0 Å². The normalized spacial score (nSPS) is 20.2. The van der Waals surface area contributed by atoms with E-state index in [4.69, 9.17) is 0 Å². The third-order valence-electron chi connectivity index (χ3n) is 5.40. The fraction of sp³-hybridized carbons (Fsp3) is 0.450. The van der Waals surface area contributed by atoms with Crippen molar-refractivity contribution in [3.05, 3.63) is 51.4 Å². The van der Waals surface area contributed by atoms with Gasteiger partial charge in [-0.25, -0.2) is 8.78 Å². The van der Waals surface area contributed by atoms with E-state index in [0.29, 0.717) is 5.56 Å². The number of amides is 1. The van der Waals surface area contributed by atoms with E-state index in [1.54, 1.807) is 17.4 Å². The van der Waals surface area contributed by atoms with E-state index in [1.165, 1.54) is 16.5 Å². The standard InChI is InChI=1S/C20H25F2N3OS/c1-11-12(2)20(27-13(11)3)24-18(26)10-23-17-7-8-25(4)19(17)14-5-6-15(21)16(22)9-14/h5-6,9,17,19,23H,7-8,10H2,1-4H3,(H,24,26)/t17-,19+/m1/s1. The number of hydrogen-bond donors (Lipinski definition) is 2. The summed E-state index contributed by atoms with van der Waals surface area (Å²) in [6, 6.07) is 3.92. The number of likely N-dealkylation sites (N-methyl/N-ethyl adjacent to an activating group) is 1. The van der Waals surface area contributed by atoms with Crippen LogP contribution in [-0.2, 0) is 4.79 Å². The summed E-state index contributed by atoms with van der Waals surface area (Å²) < 4.78 is 26.9. The average molecular weight is 394 g/mol. The highest BCUT2D eigenvalue weighted by atomic mass is 32.1. The fourth-order valence-corrected chi connectivity index (χ4v) is 4.68. The van der Waals surface area contributed by atoms with Crippen LogP contribution in [0.25, 0.3) is 0 Å². The summed E-state index contributed by atoms with van der Waals surface area (Å²) in [4.78, 5) is 15.7. The van der Waals surface area contributed by atoms with Crippen molar-refractivity contribution in [3.8, 4) is 0 Å². The predicted molar refractivity (Wildman–Crippen MR) is 105 cm³/mol. The lowest BCUT2D eigenvalue weighted by Crippen LogP contribution is -2.39. The van der Waals surface area contributed by atoms with E-state index in [2.05, 4.69) is 22.5 Å². The molecule has 3 rings (SSSR count). The smallest absolute Gasteiger partial charge is 0.238 e. The first-order valence-electron chi connectivity index (χ1n) is 9.03. The second-order valence-electron chi connectivity index (χ2n) is 7.16. The Bertz CT molecular complexity index is 852. The number of halogens is 2. The molecule has 1 aromatic carbocycles. The minimum Gasteiger partial charge on any atom is -0.316 e. The third kappa shape index (κ3) is 4.20. The minimum absolute atomic E-state index is 0.00137. The van der Waals surface area contributed by atoms with Crippen LogP contribution in [0.2, 0.25) is 0 Å². The molecule has 1 aliphatic rings. The molecular formula is C20H25F2N3OS. The summed E-state index contributed by atoms with van der Waals surface area (Å²) in [5, 5.41) is 7.15. The Morgan fingerprint density at radius 3 is 2.59 bits per heavy atom. The number of hydrogen-bond acceptors (Lipinski definition) is 4. The summed E-state index contributed by atoms with van der Waals surface area (Å²) in [6.07, 6.45) is 0.837. The van der Waals surface area contributed by atoms with Crippen molar-refractivity contribution >= 4 is 22.2 Å². The molecule has 1 fully saturated rings. The number of aryl methyl sites for hydroxylation is 1. The highest BCUT2D eigenvalue weighted by Crippen LogP contribution is 2.32. The van der Waals surface area contributed by atoms with Crippen molar-refractivity contribution in [2.45, 2.75) is 39.3 Å². The Hall–Kier alpha value is -1.83. The highest BCUT2D eigenvalue weighted by molar-refractivity contribution is 7.16. The maximum Gasteiger partial charge on any atom is 0.238 e. The summed E-state index contributed by atoms with van der Waals surface area (Å²) in [6.45, 7) is 7.10. The topological polar surface area (TPSA) is 44.4 Å². The number of benzene rings is 1. The van der Waals surface area contributed by atoms with Crippen LogP contribution in [0, 0.1) is 32.4 Å². The summed E-state index contributed by atoms with van der Waals surface area (Å²) in [7, 11) is 1.95. The van der Waals surface area contributed by atoms with Crippen LogP contribution in [0.1, 0.15) is 34.0 Å². The molecule has 4 nitrogen and oxygen atoms in total. The molecule has 2 N–H and O–H groups in total. The quantitative estimate of drug-likeness (QED) is 0.809. The van der Waals surface area contributed by atoms with Gasteiger partial charge in [0.15, 0.2) is 11.6 Å². The molecule has 0 radical (unpaired) electrons. The van der Waals surface area contributed by atoms with Crippen molar-refractivity contribution in [3.63, 3.8) is 0 Å². The maximum atomic E-state index is 13.6. The van der Waals surface area contributed by atoms with Gasteiger partial charge >= 0.3 is 0 Å². The molecule has 2 atom stereocenters. The SMILES string of the molecule is Cc1sc(NC(=O)CN[C@@H]2CCN(C)[C@H]2c2ccc(F)c(F)c2)c(C)c1C. The zero-order chi connectivity index (χ0) is 19.7. The first kappa shape index (κ1) is 19.9. The second-order valence-corrected chi connectivity index (χ2v) is 8.39. The number of likely N-dealkylation sites (tertiary alicyclic amines) is 1. The number of carbonyl (C=O) groups is 1.